The molecule has 24 heavy (non-hydrogen) atoms. The van der Waals surface area contributed by atoms with Gasteiger partial charge in [-0.25, -0.2) is 9.69 Å². The number of hydrogen-bond donors (Lipinski definition) is 2. The lowest BCUT2D eigenvalue weighted by Gasteiger charge is -2.28. The van der Waals surface area contributed by atoms with E-state index in [1.807, 2.05) is 24.3 Å². The first-order chi connectivity index (χ1) is 11.5. The van der Waals surface area contributed by atoms with E-state index in [1.165, 1.54) is 6.08 Å². The van der Waals surface area contributed by atoms with Gasteiger partial charge in [0.1, 0.15) is 12.2 Å². The minimum atomic E-state index is -1.24. The summed E-state index contributed by atoms with van der Waals surface area (Å²) in [5.41, 5.74) is 1.88. The van der Waals surface area contributed by atoms with Gasteiger partial charge in [-0.1, -0.05) is 12.1 Å². The molecule has 0 bridgehead atoms. The minimum Gasteiger partial charge on any atom is -0.480 e. The highest BCUT2D eigenvalue weighted by atomic mass is 16.5. The Bertz CT molecular complexity index is 692. The molecule has 126 valence electrons. The summed E-state index contributed by atoms with van der Waals surface area (Å²) in [7, 11) is 0. The van der Waals surface area contributed by atoms with Gasteiger partial charge in [-0.2, -0.15) is 0 Å². The standard InChI is InChI=1S/C16H17N3O5/c20-14(21)10-19-15(22)13(17-16(19)23)9-11-1-3-12(4-2-11)18-5-7-24-8-6-18/h1-4,9H,5-8,10H2,(H,17,23)(H,20,21). The van der Waals surface area contributed by atoms with Crippen LogP contribution in [0.2, 0.25) is 0 Å². The van der Waals surface area contributed by atoms with Crippen LogP contribution in [-0.2, 0) is 14.3 Å². The Labute approximate surface area is 138 Å². The maximum atomic E-state index is 12.1. The predicted molar refractivity (Wildman–Crippen MR) is 85.3 cm³/mol. The van der Waals surface area contributed by atoms with Gasteiger partial charge in [-0.15, -0.1) is 0 Å². The van der Waals surface area contributed by atoms with Crippen LogP contribution < -0.4 is 10.2 Å². The van der Waals surface area contributed by atoms with Gasteiger partial charge >= 0.3 is 12.0 Å². The number of nitrogens with zero attached hydrogens (tertiary/aromatic N) is 2. The molecular formula is C16H17N3O5. The highest BCUT2D eigenvalue weighted by Gasteiger charge is 2.34. The van der Waals surface area contributed by atoms with Crippen LogP contribution in [0.25, 0.3) is 6.08 Å². The van der Waals surface area contributed by atoms with Crippen molar-refractivity contribution in [1.82, 2.24) is 10.2 Å². The van der Waals surface area contributed by atoms with Crippen molar-refractivity contribution in [2.75, 3.05) is 37.7 Å². The van der Waals surface area contributed by atoms with E-state index in [0.29, 0.717) is 18.1 Å². The van der Waals surface area contributed by atoms with Crippen molar-refractivity contribution >= 4 is 29.7 Å². The zero-order valence-corrected chi connectivity index (χ0v) is 12.9. The van der Waals surface area contributed by atoms with Crippen molar-refractivity contribution in [3.8, 4) is 0 Å². The second kappa shape index (κ2) is 6.71. The zero-order chi connectivity index (χ0) is 17.1. The molecular weight excluding hydrogens is 314 g/mol. The quantitative estimate of drug-likeness (QED) is 0.616. The second-order valence-corrected chi connectivity index (χ2v) is 5.46. The van der Waals surface area contributed by atoms with Gasteiger partial charge in [0.05, 0.1) is 13.2 Å². The van der Waals surface area contributed by atoms with Crippen molar-refractivity contribution in [1.29, 1.82) is 0 Å². The second-order valence-electron chi connectivity index (χ2n) is 5.46. The molecule has 2 aliphatic heterocycles. The van der Waals surface area contributed by atoms with Crippen LogP contribution in [0.4, 0.5) is 10.5 Å². The van der Waals surface area contributed by atoms with E-state index >= 15 is 0 Å². The van der Waals surface area contributed by atoms with Crippen LogP contribution in [0.15, 0.2) is 30.0 Å². The van der Waals surface area contributed by atoms with E-state index in [-0.39, 0.29) is 5.70 Å². The Hall–Kier alpha value is -2.87. The zero-order valence-electron chi connectivity index (χ0n) is 12.9. The number of carbonyl (C=O) groups excluding carboxylic acids is 2. The third-order valence-corrected chi connectivity index (χ3v) is 3.84. The van der Waals surface area contributed by atoms with Gasteiger partial charge in [0, 0.05) is 18.8 Å². The summed E-state index contributed by atoms with van der Waals surface area (Å²) in [6, 6.07) is 6.84. The summed E-state index contributed by atoms with van der Waals surface area (Å²) < 4.78 is 5.32. The Morgan fingerprint density at radius 1 is 1.21 bits per heavy atom. The number of carboxylic acid groups (broad SMARTS) is 1. The first-order valence-corrected chi connectivity index (χ1v) is 7.54. The number of carboxylic acids is 1. The summed E-state index contributed by atoms with van der Waals surface area (Å²) >= 11 is 0. The first-order valence-electron chi connectivity index (χ1n) is 7.54. The molecule has 8 heteroatoms. The predicted octanol–water partition coefficient (Wildman–Crippen LogP) is 0.500. The molecule has 0 radical (unpaired) electrons. The van der Waals surface area contributed by atoms with E-state index in [1.54, 1.807) is 0 Å². The summed E-state index contributed by atoms with van der Waals surface area (Å²) in [4.78, 5) is 37.3. The number of amides is 3. The highest BCUT2D eigenvalue weighted by Crippen LogP contribution is 2.19. The van der Waals surface area contributed by atoms with Gasteiger partial charge in [-0.05, 0) is 23.8 Å². The average molecular weight is 331 g/mol. The number of imide groups is 1. The number of anilines is 1. The number of aliphatic carboxylic acids is 1. The summed E-state index contributed by atoms with van der Waals surface area (Å²) in [6.45, 7) is 2.41. The van der Waals surface area contributed by atoms with E-state index < -0.39 is 24.5 Å². The molecule has 2 aliphatic rings. The number of morpholine rings is 1. The molecule has 0 unspecified atom stereocenters. The Morgan fingerprint density at radius 3 is 2.50 bits per heavy atom. The number of ether oxygens (including phenoxy) is 1. The fourth-order valence-corrected chi connectivity index (χ4v) is 2.62. The molecule has 0 spiro atoms. The van der Waals surface area contributed by atoms with Crippen LogP contribution in [-0.4, -0.2) is 60.8 Å². The SMILES string of the molecule is O=C(O)CN1C(=O)NC(=Cc2ccc(N3CCOCC3)cc2)C1=O. The molecule has 1 aromatic carbocycles. The van der Waals surface area contributed by atoms with Crippen LogP contribution in [0.3, 0.4) is 0 Å². The maximum absolute atomic E-state index is 12.1. The number of hydrogen-bond acceptors (Lipinski definition) is 5. The summed E-state index contributed by atoms with van der Waals surface area (Å²) in [6.07, 6.45) is 1.53. The lowest BCUT2D eigenvalue weighted by Crippen LogP contribution is -2.36. The van der Waals surface area contributed by atoms with Crippen molar-refractivity contribution in [2.45, 2.75) is 0 Å². The van der Waals surface area contributed by atoms with Gasteiger partial charge in [0.15, 0.2) is 0 Å². The topological polar surface area (TPSA) is 99.2 Å². The maximum Gasteiger partial charge on any atom is 0.329 e. The van der Waals surface area contributed by atoms with Gasteiger partial charge in [-0.3, -0.25) is 9.59 Å². The molecule has 3 rings (SSSR count). The number of nitrogens with one attached hydrogen (secondary N) is 1. The fourth-order valence-electron chi connectivity index (χ4n) is 2.62. The van der Waals surface area contributed by atoms with E-state index in [4.69, 9.17) is 9.84 Å². The van der Waals surface area contributed by atoms with Gasteiger partial charge in [0.2, 0.25) is 0 Å². The van der Waals surface area contributed by atoms with E-state index in [9.17, 15) is 14.4 Å². The van der Waals surface area contributed by atoms with Crippen molar-refractivity contribution in [3.05, 3.63) is 35.5 Å². The molecule has 1 aromatic rings. The van der Waals surface area contributed by atoms with Crippen LogP contribution in [0, 0.1) is 0 Å². The van der Waals surface area contributed by atoms with Crippen molar-refractivity contribution in [3.63, 3.8) is 0 Å². The average Bonchev–Trinajstić information content (AvgIpc) is 2.83. The molecule has 8 nitrogen and oxygen atoms in total. The summed E-state index contributed by atoms with van der Waals surface area (Å²) in [5.74, 6) is -1.88. The van der Waals surface area contributed by atoms with Crippen molar-refractivity contribution < 1.29 is 24.2 Å². The number of urea groups is 1. The lowest BCUT2D eigenvalue weighted by molar-refractivity contribution is -0.140. The molecule has 2 saturated heterocycles. The number of benzene rings is 1. The molecule has 0 saturated carbocycles. The van der Waals surface area contributed by atoms with Gasteiger partial charge in [0.25, 0.3) is 5.91 Å². The minimum absolute atomic E-state index is 0.0698. The van der Waals surface area contributed by atoms with Crippen LogP contribution >= 0.6 is 0 Å². The molecule has 0 aliphatic carbocycles. The molecule has 2 fully saturated rings. The Morgan fingerprint density at radius 2 is 1.88 bits per heavy atom. The fraction of sp³-hybridized carbons (Fsp3) is 0.312. The largest absolute Gasteiger partial charge is 0.480 e. The monoisotopic (exact) mass is 331 g/mol. The molecule has 3 amide bonds. The molecule has 0 aromatic heterocycles. The van der Waals surface area contributed by atoms with Gasteiger partial charge < -0.3 is 20.1 Å². The van der Waals surface area contributed by atoms with E-state index in [0.717, 1.165) is 24.3 Å². The summed E-state index contributed by atoms with van der Waals surface area (Å²) in [5, 5.41) is 11.1. The third kappa shape index (κ3) is 3.38. The first kappa shape index (κ1) is 16.0. The smallest absolute Gasteiger partial charge is 0.329 e. The number of carbonyl (C=O) groups is 3. The van der Waals surface area contributed by atoms with Crippen molar-refractivity contribution in [2.24, 2.45) is 0 Å². The Kier molecular flexibility index (Phi) is 4.48. The van der Waals surface area contributed by atoms with E-state index in [2.05, 4.69) is 10.2 Å². The molecule has 2 heterocycles. The highest BCUT2D eigenvalue weighted by molar-refractivity contribution is 6.15. The van der Waals surface area contributed by atoms with Crippen LogP contribution in [0.1, 0.15) is 5.56 Å². The van der Waals surface area contributed by atoms with Crippen LogP contribution in [0.5, 0.6) is 0 Å². The molecule has 0 atom stereocenters. The number of rotatable bonds is 4. The molecule has 2 N–H and O–H groups in total. The Balaban J connectivity index is 1.73. The third-order valence-electron chi connectivity index (χ3n) is 3.84. The normalized spacial score (nSPS) is 19.8. The lowest BCUT2D eigenvalue weighted by atomic mass is 10.1.